The molecular formula is C25H36N6O4. The summed E-state index contributed by atoms with van der Waals surface area (Å²) in [6.07, 6.45) is 11.0. The van der Waals surface area contributed by atoms with Crippen molar-refractivity contribution in [1.82, 2.24) is 30.2 Å². The minimum absolute atomic E-state index is 0.192. The highest BCUT2D eigenvalue weighted by Gasteiger charge is 2.56. The van der Waals surface area contributed by atoms with E-state index in [1.165, 1.54) is 0 Å². The molecule has 3 heterocycles. The number of H-pyrrole nitrogens is 1. The molecule has 35 heavy (non-hydrogen) atoms. The van der Waals surface area contributed by atoms with Crippen LogP contribution in [0.25, 0.3) is 0 Å². The number of hydrogen-bond donors (Lipinski definition) is 2. The molecule has 0 bridgehead atoms. The first-order valence-electron chi connectivity index (χ1n) is 13.2. The van der Waals surface area contributed by atoms with Gasteiger partial charge < -0.3 is 15.1 Å². The number of nitrogens with zero attached hydrogens (tertiary/aromatic N) is 4. The van der Waals surface area contributed by atoms with Crippen LogP contribution in [0.2, 0.25) is 0 Å². The van der Waals surface area contributed by atoms with Gasteiger partial charge in [0.05, 0.1) is 11.7 Å². The van der Waals surface area contributed by atoms with E-state index in [9.17, 15) is 19.2 Å². The van der Waals surface area contributed by atoms with E-state index in [-0.39, 0.29) is 42.4 Å². The van der Waals surface area contributed by atoms with Crippen molar-refractivity contribution in [2.24, 2.45) is 0 Å². The van der Waals surface area contributed by atoms with E-state index in [1.807, 2.05) is 0 Å². The number of piperidine rings is 1. The van der Waals surface area contributed by atoms with Gasteiger partial charge >= 0.3 is 6.03 Å². The third kappa shape index (κ3) is 4.31. The second kappa shape index (κ2) is 9.62. The quantitative estimate of drug-likeness (QED) is 0.623. The average Bonchev–Trinajstić information content (AvgIpc) is 3.61. The largest absolute Gasteiger partial charge is 0.348 e. The molecule has 1 aromatic heterocycles. The Morgan fingerprint density at radius 3 is 2.51 bits per heavy atom. The van der Waals surface area contributed by atoms with Crippen molar-refractivity contribution in [1.29, 1.82) is 0 Å². The first-order valence-corrected chi connectivity index (χ1v) is 13.2. The molecule has 5 rings (SSSR count). The zero-order valence-electron chi connectivity index (χ0n) is 20.6. The number of nitrogens with one attached hydrogen (secondary N) is 2. The molecule has 4 aliphatic rings. The van der Waals surface area contributed by atoms with Gasteiger partial charge in [0.1, 0.15) is 17.8 Å². The third-order valence-electron chi connectivity index (χ3n) is 8.48. The second-order valence-electron chi connectivity index (χ2n) is 10.6. The maximum Gasteiger partial charge on any atom is 0.327 e. The third-order valence-corrected chi connectivity index (χ3v) is 8.48. The van der Waals surface area contributed by atoms with Gasteiger partial charge in [-0.1, -0.05) is 32.1 Å². The lowest BCUT2D eigenvalue weighted by Crippen LogP contribution is -2.50. The maximum absolute atomic E-state index is 13.4. The average molecular weight is 485 g/mol. The van der Waals surface area contributed by atoms with Gasteiger partial charge in [-0.15, -0.1) is 0 Å². The minimum Gasteiger partial charge on any atom is -0.348 e. The molecule has 190 valence electrons. The van der Waals surface area contributed by atoms with Crippen LogP contribution in [0.5, 0.6) is 0 Å². The van der Waals surface area contributed by atoms with Crippen LogP contribution >= 0.6 is 0 Å². The van der Waals surface area contributed by atoms with E-state index < -0.39 is 5.54 Å². The Balaban J connectivity index is 1.28. The summed E-state index contributed by atoms with van der Waals surface area (Å²) in [4.78, 5) is 56.8. The van der Waals surface area contributed by atoms with Crippen molar-refractivity contribution in [2.45, 2.75) is 94.7 Å². The van der Waals surface area contributed by atoms with Crippen LogP contribution in [-0.2, 0) is 9.59 Å². The van der Waals surface area contributed by atoms with Crippen molar-refractivity contribution in [3.8, 4) is 0 Å². The van der Waals surface area contributed by atoms with E-state index in [4.69, 9.17) is 0 Å². The predicted octanol–water partition coefficient (Wildman–Crippen LogP) is 2.73. The van der Waals surface area contributed by atoms with Crippen molar-refractivity contribution in [3.63, 3.8) is 0 Å². The number of urea groups is 1. The molecule has 2 saturated heterocycles. The zero-order chi connectivity index (χ0) is 24.6. The molecule has 2 saturated carbocycles. The van der Waals surface area contributed by atoms with Crippen LogP contribution in [-0.4, -0.2) is 80.4 Å². The highest BCUT2D eigenvalue weighted by atomic mass is 16.2. The fourth-order valence-corrected chi connectivity index (χ4v) is 6.40. The smallest absolute Gasteiger partial charge is 0.327 e. The molecule has 1 spiro atoms. The Morgan fingerprint density at radius 1 is 1.06 bits per heavy atom. The molecule has 10 heteroatoms. The van der Waals surface area contributed by atoms with Gasteiger partial charge in [-0.05, 0) is 51.0 Å². The van der Waals surface area contributed by atoms with Crippen molar-refractivity contribution in [2.75, 3.05) is 20.1 Å². The topological polar surface area (TPSA) is 119 Å². The standard InChI is InChI=1S/C25H36N6O4/c1-29-24(35)31(23(34)25(29)12-6-2-7-13-25)16-21(32)30-14-8-5-11-20(30)18-15-19(28-27-18)22(33)26-17-9-3-4-10-17/h15,17,20H,2-14,16H2,1H3,(H,26,33)(H,27,28)/t20-/m0/s1. The summed E-state index contributed by atoms with van der Waals surface area (Å²) in [7, 11) is 1.68. The van der Waals surface area contributed by atoms with Crippen LogP contribution in [0.4, 0.5) is 4.79 Å². The number of amides is 5. The molecule has 2 N–H and O–H groups in total. The molecule has 4 fully saturated rings. The van der Waals surface area contributed by atoms with Crippen molar-refractivity contribution < 1.29 is 19.2 Å². The number of aromatic nitrogens is 2. The number of carbonyl (C=O) groups is 4. The van der Waals surface area contributed by atoms with E-state index in [2.05, 4.69) is 15.5 Å². The van der Waals surface area contributed by atoms with Crippen LogP contribution in [0.3, 0.4) is 0 Å². The molecule has 0 aromatic carbocycles. The van der Waals surface area contributed by atoms with Gasteiger partial charge in [-0.3, -0.25) is 24.4 Å². The number of carbonyl (C=O) groups excluding carboxylic acids is 4. The molecule has 10 nitrogen and oxygen atoms in total. The zero-order valence-corrected chi connectivity index (χ0v) is 20.6. The molecule has 5 amide bonds. The number of hydrogen-bond acceptors (Lipinski definition) is 5. The maximum atomic E-state index is 13.4. The van der Waals surface area contributed by atoms with E-state index in [0.29, 0.717) is 25.1 Å². The number of imide groups is 1. The Labute approximate surface area is 205 Å². The molecule has 0 radical (unpaired) electrons. The van der Waals surface area contributed by atoms with Gasteiger partial charge in [0.15, 0.2) is 0 Å². The molecule has 1 aromatic rings. The summed E-state index contributed by atoms with van der Waals surface area (Å²) in [5, 5.41) is 10.2. The summed E-state index contributed by atoms with van der Waals surface area (Å²) >= 11 is 0. The van der Waals surface area contributed by atoms with Crippen molar-refractivity contribution >= 4 is 23.8 Å². The van der Waals surface area contributed by atoms with Crippen LogP contribution in [0.1, 0.15) is 99.3 Å². The fourth-order valence-electron chi connectivity index (χ4n) is 6.40. The highest BCUT2D eigenvalue weighted by Crippen LogP contribution is 2.39. The lowest BCUT2D eigenvalue weighted by atomic mass is 9.81. The lowest BCUT2D eigenvalue weighted by Gasteiger charge is -2.36. The summed E-state index contributed by atoms with van der Waals surface area (Å²) in [6.45, 7) is 0.298. The highest BCUT2D eigenvalue weighted by molar-refractivity contribution is 6.09. The summed E-state index contributed by atoms with van der Waals surface area (Å²) in [5.41, 5.74) is 0.257. The Kier molecular flexibility index (Phi) is 6.55. The molecule has 0 unspecified atom stereocenters. The van der Waals surface area contributed by atoms with Gasteiger partial charge in [0.2, 0.25) is 5.91 Å². The Morgan fingerprint density at radius 2 is 1.77 bits per heavy atom. The first kappa shape index (κ1) is 23.8. The van der Waals surface area contributed by atoms with E-state index >= 15 is 0 Å². The number of likely N-dealkylation sites (N-methyl/N-ethyl adjacent to an activating group) is 1. The van der Waals surface area contributed by atoms with E-state index in [0.717, 1.165) is 74.8 Å². The van der Waals surface area contributed by atoms with Gasteiger partial charge in [0, 0.05) is 19.6 Å². The van der Waals surface area contributed by atoms with E-state index in [1.54, 1.807) is 22.9 Å². The lowest BCUT2D eigenvalue weighted by molar-refractivity contribution is -0.142. The number of likely N-dealkylation sites (tertiary alicyclic amines) is 1. The number of rotatable bonds is 5. The first-order chi connectivity index (χ1) is 16.9. The van der Waals surface area contributed by atoms with Gasteiger partial charge in [-0.25, -0.2) is 4.79 Å². The normalized spacial score (nSPS) is 25.1. The molecule has 1 atom stereocenters. The fraction of sp³-hybridized carbons (Fsp3) is 0.720. The Bertz CT molecular complexity index is 994. The summed E-state index contributed by atoms with van der Waals surface area (Å²) in [6, 6.07) is 1.30. The monoisotopic (exact) mass is 484 g/mol. The van der Waals surface area contributed by atoms with Crippen LogP contribution in [0.15, 0.2) is 6.07 Å². The van der Waals surface area contributed by atoms with Crippen LogP contribution in [0, 0.1) is 0 Å². The summed E-state index contributed by atoms with van der Waals surface area (Å²) < 4.78 is 0. The second-order valence-corrected chi connectivity index (χ2v) is 10.6. The molecular weight excluding hydrogens is 448 g/mol. The van der Waals surface area contributed by atoms with Crippen LogP contribution < -0.4 is 5.32 Å². The Hall–Kier alpha value is -2.91. The predicted molar refractivity (Wildman–Crippen MR) is 127 cm³/mol. The van der Waals surface area contributed by atoms with Gasteiger partial charge in [0.25, 0.3) is 11.8 Å². The van der Waals surface area contributed by atoms with Gasteiger partial charge in [-0.2, -0.15) is 5.10 Å². The number of aromatic amines is 1. The minimum atomic E-state index is -0.790. The SMILES string of the molecule is CN1C(=O)N(CC(=O)N2CCCC[C@H]2c2cc(C(=O)NC3CCCC3)n[nH]2)C(=O)C12CCCCC2. The molecule has 2 aliphatic heterocycles. The van der Waals surface area contributed by atoms with Crippen molar-refractivity contribution in [3.05, 3.63) is 17.5 Å². The summed E-state index contributed by atoms with van der Waals surface area (Å²) in [5.74, 6) is -0.676. The molecule has 2 aliphatic carbocycles.